The van der Waals surface area contributed by atoms with Gasteiger partial charge in [-0.1, -0.05) is 0 Å². The highest BCUT2D eigenvalue weighted by Crippen LogP contribution is 2.18. The molecule has 0 amide bonds. The summed E-state index contributed by atoms with van der Waals surface area (Å²) in [6.07, 6.45) is 3.30. The van der Waals surface area contributed by atoms with Crippen molar-refractivity contribution in [1.29, 1.82) is 0 Å². The lowest BCUT2D eigenvalue weighted by Gasteiger charge is -2.26. The Kier molecular flexibility index (Phi) is 10.3. The van der Waals surface area contributed by atoms with Gasteiger partial charge < -0.3 is 15.0 Å². The molecule has 0 bridgehead atoms. The van der Waals surface area contributed by atoms with Crippen LogP contribution in [-0.2, 0) is 11.3 Å². The van der Waals surface area contributed by atoms with Crippen molar-refractivity contribution in [2.45, 2.75) is 32.7 Å². The quantitative estimate of drug-likeness (QED) is 0.393. The number of halogens is 3. The molecule has 0 radical (unpaired) electrons. The number of hydrogen-bond donors (Lipinski definition) is 1. The molecule has 1 heterocycles. The van der Waals surface area contributed by atoms with Gasteiger partial charge in [-0.25, -0.2) is 13.8 Å². The van der Waals surface area contributed by atoms with E-state index in [-0.39, 0.29) is 36.1 Å². The molecule has 0 aliphatic carbocycles. The van der Waals surface area contributed by atoms with Gasteiger partial charge in [-0.05, 0) is 50.3 Å². The van der Waals surface area contributed by atoms with Gasteiger partial charge in [-0.2, -0.15) is 0 Å². The van der Waals surface area contributed by atoms with Gasteiger partial charge in [0.25, 0.3) is 0 Å². The van der Waals surface area contributed by atoms with Gasteiger partial charge in [-0.3, -0.25) is 0 Å². The predicted molar refractivity (Wildman–Crippen MR) is 107 cm³/mol. The maximum Gasteiger partial charge on any atom is 0.193 e. The molecule has 1 aliphatic rings. The van der Waals surface area contributed by atoms with Crippen LogP contribution in [0.15, 0.2) is 23.2 Å². The molecule has 0 saturated carbocycles. The Bertz CT molecular complexity index is 551. The van der Waals surface area contributed by atoms with Crippen molar-refractivity contribution in [2.75, 3.05) is 33.4 Å². The first kappa shape index (κ1) is 22.1. The van der Waals surface area contributed by atoms with Gasteiger partial charge in [0.1, 0.15) is 11.6 Å². The first-order valence-electron chi connectivity index (χ1n) is 8.61. The number of ether oxygens (including phenoxy) is 1. The summed E-state index contributed by atoms with van der Waals surface area (Å²) in [5.41, 5.74) is 0.267. The molecule has 7 heteroatoms. The lowest BCUT2D eigenvalue weighted by Crippen LogP contribution is -2.40. The summed E-state index contributed by atoms with van der Waals surface area (Å²) < 4.78 is 32.4. The number of rotatable bonds is 6. The van der Waals surface area contributed by atoms with Crippen LogP contribution in [0.2, 0.25) is 0 Å². The maximum atomic E-state index is 13.7. The Balaban J connectivity index is 0.00000312. The molecule has 142 valence electrons. The minimum absolute atomic E-state index is 0. The van der Waals surface area contributed by atoms with E-state index in [1.165, 1.54) is 6.07 Å². The highest BCUT2D eigenvalue weighted by molar-refractivity contribution is 14.0. The van der Waals surface area contributed by atoms with Gasteiger partial charge in [-0.15, -0.1) is 24.0 Å². The molecule has 0 aromatic heterocycles. The second kappa shape index (κ2) is 11.6. The average molecular weight is 467 g/mol. The smallest absolute Gasteiger partial charge is 0.193 e. The second-order valence-electron chi connectivity index (χ2n) is 6.17. The third kappa shape index (κ3) is 7.43. The Morgan fingerprint density at radius 2 is 2.04 bits per heavy atom. The number of hydrogen-bond acceptors (Lipinski definition) is 2. The molecular weight excluding hydrogens is 439 g/mol. The number of guanidine groups is 1. The summed E-state index contributed by atoms with van der Waals surface area (Å²) in [6.45, 7) is 5.41. The van der Waals surface area contributed by atoms with Crippen LogP contribution in [-0.4, -0.2) is 44.2 Å². The molecule has 1 saturated heterocycles. The van der Waals surface area contributed by atoms with Gasteiger partial charge in [0, 0.05) is 38.9 Å². The molecule has 4 nitrogen and oxygen atoms in total. The molecule has 1 aromatic carbocycles. The average Bonchev–Trinajstić information content (AvgIpc) is 2.60. The fourth-order valence-electron chi connectivity index (χ4n) is 2.81. The summed E-state index contributed by atoms with van der Waals surface area (Å²) in [4.78, 5) is 6.50. The summed E-state index contributed by atoms with van der Waals surface area (Å²) in [7, 11) is 1.97. The summed E-state index contributed by atoms with van der Waals surface area (Å²) >= 11 is 0. The van der Waals surface area contributed by atoms with E-state index in [0.717, 1.165) is 57.7 Å². The monoisotopic (exact) mass is 467 g/mol. The standard InChI is InChI=1S/C18H27F2N3O.HI/c1-3-21-18(22-13-15-12-16(19)4-5-17(15)20)23(2)9-6-14-7-10-24-11-8-14;/h4-5,12,14H,3,6-11,13H2,1-2H3,(H,21,22);1H. The van der Waals surface area contributed by atoms with E-state index in [0.29, 0.717) is 11.9 Å². The molecule has 2 rings (SSSR count). The largest absolute Gasteiger partial charge is 0.381 e. The van der Waals surface area contributed by atoms with Crippen LogP contribution >= 0.6 is 24.0 Å². The molecule has 0 spiro atoms. The molecule has 1 aromatic rings. The number of nitrogens with one attached hydrogen (secondary N) is 1. The SMILES string of the molecule is CCNC(=NCc1cc(F)ccc1F)N(C)CCC1CCOCC1.I. The Morgan fingerprint density at radius 3 is 2.72 bits per heavy atom. The minimum atomic E-state index is -0.445. The highest BCUT2D eigenvalue weighted by atomic mass is 127. The van der Waals surface area contributed by atoms with Crippen molar-refractivity contribution < 1.29 is 13.5 Å². The summed E-state index contributed by atoms with van der Waals surface area (Å²) in [5, 5.41) is 3.21. The fraction of sp³-hybridized carbons (Fsp3) is 0.611. The van der Waals surface area contributed by atoms with Gasteiger partial charge in [0.15, 0.2) is 5.96 Å². The summed E-state index contributed by atoms with van der Waals surface area (Å²) in [6, 6.07) is 3.46. The number of nitrogens with zero attached hydrogens (tertiary/aromatic N) is 2. The van der Waals surface area contributed by atoms with E-state index in [1.54, 1.807) is 0 Å². The van der Waals surface area contributed by atoms with Gasteiger partial charge in [0.2, 0.25) is 0 Å². The number of aliphatic imine (C=N–C) groups is 1. The van der Waals surface area contributed by atoms with Crippen molar-refractivity contribution in [3.63, 3.8) is 0 Å². The van der Waals surface area contributed by atoms with Gasteiger partial charge in [0.05, 0.1) is 6.54 Å². The van der Waals surface area contributed by atoms with E-state index < -0.39 is 11.6 Å². The summed E-state index contributed by atoms with van der Waals surface area (Å²) in [5.74, 6) is 0.526. The molecule has 1 N–H and O–H groups in total. The van der Waals surface area contributed by atoms with Crippen LogP contribution in [0.4, 0.5) is 8.78 Å². The highest BCUT2D eigenvalue weighted by Gasteiger charge is 2.15. The predicted octanol–water partition coefficient (Wildman–Crippen LogP) is 3.80. The van der Waals surface area contributed by atoms with Crippen molar-refractivity contribution >= 4 is 29.9 Å². The lowest BCUT2D eigenvalue weighted by molar-refractivity contribution is 0.0625. The molecule has 25 heavy (non-hydrogen) atoms. The Hall–Kier alpha value is -0.960. The fourth-order valence-corrected chi connectivity index (χ4v) is 2.81. The maximum absolute atomic E-state index is 13.7. The molecular formula is C18H28F2IN3O. The van der Waals surface area contributed by atoms with Gasteiger partial charge >= 0.3 is 0 Å². The van der Waals surface area contributed by atoms with Crippen LogP contribution < -0.4 is 5.32 Å². The van der Waals surface area contributed by atoms with E-state index >= 15 is 0 Å². The van der Waals surface area contributed by atoms with Crippen molar-refractivity contribution in [3.8, 4) is 0 Å². The van der Waals surface area contributed by atoms with Crippen LogP contribution in [0.25, 0.3) is 0 Å². The molecule has 1 aliphatic heterocycles. The van der Waals surface area contributed by atoms with Crippen LogP contribution in [0.1, 0.15) is 31.7 Å². The zero-order chi connectivity index (χ0) is 17.4. The van der Waals surface area contributed by atoms with Crippen molar-refractivity contribution in [2.24, 2.45) is 10.9 Å². The van der Waals surface area contributed by atoms with E-state index in [1.807, 2.05) is 14.0 Å². The van der Waals surface area contributed by atoms with E-state index in [4.69, 9.17) is 4.74 Å². The minimum Gasteiger partial charge on any atom is -0.381 e. The number of benzene rings is 1. The third-order valence-corrected chi connectivity index (χ3v) is 4.32. The van der Waals surface area contributed by atoms with Crippen molar-refractivity contribution in [3.05, 3.63) is 35.4 Å². The first-order valence-corrected chi connectivity index (χ1v) is 8.61. The molecule has 0 atom stereocenters. The van der Waals surface area contributed by atoms with Crippen LogP contribution in [0.3, 0.4) is 0 Å². The van der Waals surface area contributed by atoms with Crippen LogP contribution in [0.5, 0.6) is 0 Å². The lowest BCUT2D eigenvalue weighted by atomic mass is 9.96. The Morgan fingerprint density at radius 1 is 1.32 bits per heavy atom. The zero-order valence-corrected chi connectivity index (χ0v) is 17.3. The molecule has 1 fully saturated rings. The first-order chi connectivity index (χ1) is 11.6. The van der Waals surface area contributed by atoms with E-state index in [9.17, 15) is 8.78 Å². The topological polar surface area (TPSA) is 36.9 Å². The van der Waals surface area contributed by atoms with Crippen molar-refractivity contribution in [1.82, 2.24) is 10.2 Å². The van der Waals surface area contributed by atoms with Crippen LogP contribution in [0, 0.1) is 17.6 Å². The second-order valence-corrected chi connectivity index (χ2v) is 6.17. The third-order valence-electron chi connectivity index (χ3n) is 4.32. The van der Waals surface area contributed by atoms with E-state index in [2.05, 4.69) is 15.2 Å². The Labute approximate surface area is 166 Å². The normalized spacial score (nSPS) is 15.6. The molecule has 0 unspecified atom stereocenters. The zero-order valence-electron chi connectivity index (χ0n) is 14.9.